The van der Waals surface area contributed by atoms with Gasteiger partial charge in [0.2, 0.25) is 5.91 Å². The molecule has 2 aromatic rings. The summed E-state index contributed by atoms with van der Waals surface area (Å²) in [7, 11) is 1.20. The van der Waals surface area contributed by atoms with E-state index in [0.29, 0.717) is 10.9 Å². The van der Waals surface area contributed by atoms with Crippen molar-refractivity contribution in [2.24, 2.45) is 0 Å². The number of nitrogens with zero attached hydrogens (tertiary/aromatic N) is 3. The number of hydrogen-bond donors (Lipinski definition) is 1. The standard InChI is InChI=1S/C13H14N4O4/c1-8(18)14-11(13(20)21-2)7-17-12(19)9-5-3-4-6-10(9)15-16-17/h3-6,11H,7H2,1-2H3,(H,14,18). The second-order valence-corrected chi connectivity index (χ2v) is 4.37. The molecule has 0 saturated heterocycles. The summed E-state index contributed by atoms with van der Waals surface area (Å²) < 4.78 is 5.62. The van der Waals surface area contributed by atoms with E-state index in [1.807, 2.05) is 0 Å². The Morgan fingerprint density at radius 1 is 1.38 bits per heavy atom. The lowest BCUT2D eigenvalue weighted by Crippen LogP contribution is -2.45. The van der Waals surface area contributed by atoms with Gasteiger partial charge in [-0.1, -0.05) is 17.3 Å². The molecule has 0 aliphatic carbocycles. The monoisotopic (exact) mass is 290 g/mol. The second-order valence-electron chi connectivity index (χ2n) is 4.37. The van der Waals surface area contributed by atoms with Crippen molar-refractivity contribution in [1.29, 1.82) is 0 Å². The van der Waals surface area contributed by atoms with E-state index in [9.17, 15) is 14.4 Å². The Hall–Kier alpha value is -2.77. The van der Waals surface area contributed by atoms with E-state index in [2.05, 4.69) is 20.4 Å². The summed E-state index contributed by atoms with van der Waals surface area (Å²) in [5.74, 6) is -1.07. The van der Waals surface area contributed by atoms with Gasteiger partial charge < -0.3 is 10.1 Å². The van der Waals surface area contributed by atoms with Crippen LogP contribution in [0.2, 0.25) is 0 Å². The Bertz CT molecular complexity index is 740. The maximum atomic E-state index is 12.3. The largest absolute Gasteiger partial charge is 0.467 e. The summed E-state index contributed by atoms with van der Waals surface area (Å²) in [6, 6.07) is 5.74. The molecule has 8 nitrogen and oxygen atoms in total. The number of methoxy groups -OCH3 is 1. The minimum atomic E-state index is -0.999. The molecule has 1 atom stereocenters. The Morgan fingerprint density at radius 3 is 2.76 bits per heavy atom. The number of ether oxygens (including phenoxy) is 1. The maximum Gasteiger partial charge on any atom is 0.330 e. The molecule has 1 aromatic carbocycles. The second kappa shape index (κ2) is 6.12. The summed E-state index contributed by atoms with van der Waals surface area (Å²) in [5.41, 5.74) is 0.0766. The van der Waals surface area contributed by atoms with Crippen LogP contribution in [0.1, 0.15) is 6.92 Å². The van der Waals surface area contributed by atoms with Gasteiger partial charge in [0.1, 0.15) is 11.6 Å². The summed E-state index contributed by atoms with van der Waals surface area (Å²) in [4.78, 5) is 35.0. The number of fused-ring (bicyclic) bond motifs is 1. The van der Waals surface area contributed by atoms with Gasteiger partial charge in [0.05, 0.1) is 19.0 Å². The van der Waals surface area contributed by atoms with Gasteiger partial charge in [-0.2, -0.15) is 0 Å². The Morgan fingerprint density at radius 2 is 2.10 bits per heavy atom. The number of rotatable bonds is 4. The SMILES string of the molecule is COC(=O)C(Cn1nnc2ccccc2c1=O)NC(C)=O. The van der Waals surface area contributed by atoms with Gasteiger partial charge in [-0.15, -0.1) is 5.10 Å². The molecule has 0 spiro atoms. The first-order valence-electron chi connectivity index (χ1n) is 6.20. The smallest absolute Gasteiger partial charge is 0.330 e. The summed E-state index contributed by atoms with van der Waals surface area (Å²) in [6.45, 7) is 1.12. The normalized spacial score (nSPS) is 11.9. The molecule has 0 radical (unpaired) electrons. The predicted molar refractivity (Wildman–Crippen MR) is 73.4 cm³/mol. The third kappa shape index (κ3) is 3.22. The molecule has 1 aromatic heterocycles. The zero-order chi connectivity index (χ0) is 15.4. The number of carbonyl (C=O) groups excluding carboxylic acids is 2. The van der Waals surface area contributed by atoms with E-state index < -0.39 is 17.9 Å². The van der Waals surface area contributed by atoms with Crippen LogP contribution in [0.4, 0.5) is 0 Å². The van der Waals surface area contributed by atoms with Crippen LogP contribution >= 0.6 is 0 Å². The maximum absolute atomic E-state index is 12.3. The molecule has 8 heteroatoms. The number of nitrogens with one attached hydrogen (secondary N) is 1. The molecule has 1 N–H and O–H groups in total. The molecule has 21 heavy (non-hydrogen) atoms. The molecule has 0 aliphatic heterocycles. The summed E-state index contributed by atoms with van der Waals surface area (Å²) in [5, 5.41) is 10.5. The topological polar surface area (TPSA) is 103 Å². The number of carbonyl (C=O) groups is 2. The van der Waals surface area contributed by atoms with E-state index in [4.69, 9.17) is 0 Å². The van der Waals surface area contributed by atoms with Crippen LogP contribution in [0.25, 0.3) is 10.9 Å². The molecule has 1 unspecified atom stereocenters. The molecular formula is C13H14N4O4. The quantitative estimate of drug-likeness (QED) is 0.759. The lowest BCUT2D eigenvalue weighted by molar-refractivity contribution is -0.145. The first kappa shape index (κ1) is 14.6. The third-order valence-electron chi connectivity index (χ3n) is 2.85. The third-order valence-corrected chi connectivity index (χ3v) is 2.85. The highest BCUT2D eigenvalue weighted by Gasteiger charge is 2.22. The molecule has 0 saturated carbocycles. The highest BCUT2D eigenvalue weighted by Crippen LogP contribution is 2.03. The van der Waals surface area contributed by atoms with Crippen LogP contribution in [-0.2, 0) is 20.9 Å². The van der Waals surface area contributed by atoms with Crippen LogP contribution in [0, 0.1) is 0 Å². The molecule has 0 aliphatic rings. The molecule has 1 amide bonds. The zero-order valence-electron chi connectivity index (χ0n) is 11.6. The van der Waals surface area contributed by atoms with Crippen LogP contribution in [0.5, 0.6) is 0 Å². The van der Waals surface area contributed by atoms with Crippen LogP contribution in [0.3, 0.4) is 0 Å². The minimum Gasteiger partial charge on any atom is -0.467 e. The van der Waals surface area contributed by atoms with Crippen molar-refractivity contribution < 1.29 is 14.3 Å². The average molecular weight is 290 g/mol. The summed E-state index contributed by atoms with van der Waals surface area (Å²) >= 11 is 0. The van der Waals surface area contributed by atoms with Crippen molar-refractivity contribution in [3.8, 4) is 0 Å². The van der Waals surface area contributed by atoms with E-state index in [1.165, 1.54) is 14.0 Å². The van der Waals surface area contributed by atoms with Crippen molar-refractivity contribution in [2.75, 3.05) is 7.11 Å². The van der Waals surface area contributed by atoms with Gasteiger partial charge in [0, 0.05) is 6.92 Å². The number of aromatic nitrogens is 3. The fourth-order valence-corrected chi connectivity index (χ4v) is 1.88. The highest BCUT2D eigenvalue weighted by atomic mass is 16.5. The lowest BCUT2D eigenvalue weighted by atomic mass is 10.2. The van der Waals surface area contributed by atoms with Gasteiger partial charge in [-0.3, -0.25) is 9.59 Å². The summed E-state index contributed by atoms with van der Waals surface area (Å²) in [6.07, 6.45) is 0. The van der Waals surface area contributed by atoms with E-state index in [-0.39, 0.29) is 12.1 Å². The van der Waals surface area contributed by atoms with Crippen molar-refractivity contribution in [2.45, 2.75) is 19.5 Å². The number of benzene rings is 1. The van der Waals surface area contributed by atoms with E-state index in [0.717, 1.165) is 4.68 Å². The minimum absolute atomic E-state index is 0.150. The van der Waals surface area contributed by atoms with Gasteiger partial charge in [0.15, 0.2) is 0 Å². The van der Waals surface area contributed by atoms with Gasteiger partial charge >= 0.3 is 5.97 Å². The van der Waals surface area contributed by atoms with E-state index >= 15 is 0 Å². The van der Waals surface area contributed by atoms with Crippen molar-refractivity contribution >= 4 is 22.8 Å². The van der Waals surface area contributed by atoms with Crippen LogP contribution in [0.15, 0.2) is 29.1 Å². The van der Waals surface area contributed by atoms with Crippen LogP contribution < -0.4 is 10.9 Å². The predicted octanol–water partition coefficient (Wildman–Crippen LogP) is -0.531. The van der Waals surface area contributed by atoms with E-state index in [1.54, 1.807) is 24.3 Å². The van der Waals surface area contributed by atoms with Gasteiger partial charge in [-0.25, -0.2) is 9.48 Å². The zero-order valence-corrected chi connectivity index (χ0v) is 11.6. The first-order chi connectivity index (χ1) is 10.0. The van der Waals surface area contributed by atoms with Gasteiger partial charge in [-0.05, 0) is 12.1 Å². The van der Waals surface area contributed by atoms with Crippen LogP contribution in [-0.4, -0.2) is 40.0 Å². The first-order valence-corrected chi connectivity index (χ1v) is 6.20. The fraction of sp³-hybridized carbons (Fsp3) is 0.308. The van der Waals surface area contributed by atoms with Crippen molar-refractivity contribution in [3.05, 3.63) is 34.6 Å². The van der Waals surface area contributed by atoms with Crippen molar-refractivity contribution in [3.63, 3.8) is 0 Å². The molecule has 1 heterocycles. The molecule has 0 fully saturated rings. The average Bonchev–Trinajstić information content (AvgIpc) is 2.48. The lowest BCUT2D eigenvalue weighted by Gasteiger charge is -2.15. The van der Waals surface area contributed by atoms with Crippen molar-refractivity contribution in [1.82, 2.24) is 20.3 Å². The number of amides is 1. The number of esters is 1. The van der Waals surface area contributed by atoms with Gasteiger partial charge in [0.25, 0.3) is 5.56 Å². The Balaban J connectivity index is 2.36. The fourth-order valence-electron chi connectivity index (χ4n) is 1.88. The Labute approximate surface area is 119 Å². The molecule has 110 valence electrons. The molecular weight excluding hydrogens is 276 g/mol. The Kier molecular flexibility index (Phi) is 4.27. The number of hydrogen-bond acceptors (Lipinski definition) is 6. The molecule has 0 bridgehead atoms. The highest BCUT2D eigenvalue weighted by molar-refractivity contribution is 5.83. The molecule has 2 rings (SSSR count).